The normalized spacial score (nSPS) is 16.2. The van der Waals surface area contributed by atoms with Crippen LogP contribution in [0, 0.1) is 5.41 Å². The Morgan fingerprint density at radius 2 is 0.656 bits per heavy atom. The van der Waals surface area contributed by atoms with Crippen molar-refractivity contribution in [2.45, 2.75) is 208 Å². The van der Waals surface area contributed by atoms with Crippen molar-refractivity contribution in [1.82, 2.24) is 0 Å². The lowest BCUT2D eigenvalue weighted by molar-refractivity contribution is -0.179. The Bertz CT molecular complexity index is 3430. The van der Waals surface area contributed by atoms with Gasteiger partial charge in [-0.3, -0.25) is 28.8 Å². The van der Waals surface area contributed by atoms with Crippen molar-refractivity contribution in [3.63, 3.8) is 0 Å². The smallest absolute Gasteiger partial charge is 0.201 e. The van der Waals surface area contributed by atoms with Crippen molar-refractivity contribution in [2.75, 3.05) is 39.6 Å². The summed E-state index contributed by atoms with van der Waals surface area (Å²) < 4.78 is 58.6. The van der Waals surface area contributed by atoms with E-state index in [4.69, 9.17) is 42.6 Å². The number of hydrogen-bond acceptors (Lipinski definition) is 15. The van der Waals surface area contributed by atoms with Gasteiger partial charge in [0, 0.05) is 51.6 Å². The van der Waals surface area contributed by atoms with Crippen LogP contribution in [0.3, 0.4) is 0 Å². The predicted molar refractivity (Wildman–Crippen MR) is 375 cm³/mol. The van der Waals surface area contributed by atoms with E-state index in [0.717, 1.165) is 0 Å². The first-order chi connectivity index (χ1) is 45.5. The molecule has 9 unspecified atom stereocenters. The molecule has 0 aliphatic heterocycles. The summed E-state index contributed by atoms with van der Waals surface area (Å²) >= 11 is 0. The molecule has 0 saturated heterocycles. The third-order valence-corrected chi connectivity index (χ3v) is 18.6. The lowest BCUT2D eigenvalue weighted by Gasteiger charge is -2.42. The van der Waals surface area contributed by atoms with Crippen LogP contribution < -0.4 is 14.2 Å². The molecule has 0 bridgehead atoms. The first kappa shape index (κ1) is 77.5. The monoisotopic (exact) mass is 1320 g/mol. The highest BCUT2D eigenvalue weighted by Crippen LogP contribution is 2.36. The van der Waals surface area contributed by atoms with Crippen molar-refractivity contribution in [3.05, 3.63) is 197 Å². The van der Waals surface area contributed by atoms with Crippen molar-refractivity contribution >= 4 is 34.7 Å². The maximum absolute atomic E-state index is 14.0. The number of carbonyl (C=O) groups excluding carboxylic acids is 6. The highest BCUT2D eigenvalue weighted by Gasteiger charge is 2.42. The van der Waals surface area contributed by atoms with Crippen molar-refractivity contribution < 1.29 is 71.4 Å². The molecule has 0 aliphatic carbocycles. The van der Waals surface area contributed by atoms with E-state index < -0.39 is 51.7 Å². The lowest BCUT2D eigenvalue weighted by atomic mass is 9.86. The number of carbonyl (C=O) groups is 6. The fourth-order valence-corrected chi connectivity index (χ4v) is 11.4. The molecule has 9 atom stereocenters. The van der Waals surface area contributed by atoms with Gasteiger partial charge < -0.3 is 42.6 Å². The topological polar surface area (TPSA) is 185 Å². The van der Waals surface area contributed by atoms with E-state index in [1.807, 2.05) is 117 Å². The molecule has 0 aromatic heterocycles. The summed E-state index contributed by atoms with van der Waals surface area (Å²) in [6.45, 7) is 29.2. The minimum absolute atomic E-state index is 0.104. The molecule has 6 aromatic carbocycles. The zero-order chi connectivity index (χ0) is 70.3. The molecular weight excluding hydrogens is 1210 g/mol. The van der Waals surface area contributed by atoms with E-state index in [2.05, 4.69) is 20.8 Å². The van der Waals surface area contributed by atoms with Gasteiger partial charge in [-0.2, -0.15) is 0 Å². The van der Waals surface area contributed by atoms with Crippen LogP contribution in [0.15, 0.2) is 164 Å². The van der Waals surface area contributed by atoms with E-state index in [1.165, 1.54) is 0 Å². The van der Waals surface area contributed by atoms with Gasteiger partial charge >= 0.3 is 0 Å². The molecule has 0 amide bonds. The van der Waals surface area contributed by atoms with Crippen molar-refractivity contribution in [1.29, 1.82) is 0 Å². The molecule has 0 N–H and O–H groups in total. The van der Waals surface area contributed by atoms with Gasteiger partial charge in [-0.15, -0.1) is 0 Å². The van der Waals surface area contributed by atoms with Crippen LogP contribution in [0.25, 0.3) is 0 Å². The molecule has 0 fully saturated rings. The first-order valence-corrected chi connectivity index (χ1v) is 34.1. The van der Waals surface area contributed by atoms with Crippen LogP contribution in [0.5, 0.6) is 17.2 Å². The molecule has 15 nitrogen and oxygen atoms in total. The van der Waals surface area contributed by atoms with E-state index in [9.17, 15) is 28.8 Å². The molecular formula is C81H104O15. The first-order valence-electron chi connectivity index (χ1n) is 34.1. The summed E-state index contributed by atoms with van der Waals surface area (Å²) in [4.78, 5) is 80.8. The van der Waals surface area contributed by atoms with Gasteiger partial charge in [-0.25, -0.2) is 0 Å². The second-order valence-corrected chi connectivity index (χ2v) is 27.1. The minimum Gasteiger partial charge on any atom is -0.486 e. The number of benzene rings is 6. The van der Waals surface area contributed by atoms with Gasteiger partial charge in [0.15, 0.2) is 17.3 Å². The molecule has 0 saturated carbocycles. The molecule has 0 heterocycles. The largest absolute Gasteiger partial charge is 0.486 e. The average molecular weight is 1320 g/mol. The standard InChI is InChI=1S/C81H104O15/c1-16-77(12,50-60(9)96-80(15,19-4)72(84)53-90-69-46-40-66(41-47-69)75(87)63-34-28-23-29-35-63)93-56-81(20-5,54-91-57(6)48-58(7)94-78(13,17-2)70(82)51-88-67-42-36-64(37-43-67)73(85)61-30-24-21-25-31-61)55-92-76(10,11)49-59(8)95-79(14,18-3)71(83)52-89-68-44-38-65(39-45-68)74(86)62-32-26-22-27-33-62/h21-47,57-60H,16-20,48-56H2,1-15H3. The number of hydrogen-bond donors (Lipinski definition) is 0. The van der Waals surface area contributed by atoms with Gasteiger partial charge in [0.1, 0.15) is 53.9 Å². The molecule has 0 spiro atoms. The third kappa shape index (κ3) is 22.5. The quantitative estimate of drug-likeness (QED) is 0.0329. The molecule has 15 heteroatoms. The molecule has 6 aromatic rings. The summed E-state index contributed by atoms with van der Waals surface area (Å²) in [6.07, 6.45) is 2.26. The molecule has 0 aliphatic rings. The predicted octanol–water partition coefficient (Wildman–Crippen LogP) is 16.3. The average Bonchev–Trinajstić information content (AvgIpc) is 0.851. The van der Waals surface area contributed by atoms with E-state index in [1.54, 1.807) is 130 Å². The fraction of sp³-hybridized carbons (Fsp3) is 0.481. The Kier molecular flexibility index (Phi) is 28.8. The van der Waals surface area contributed by atoms with E-state index in [0.29, 0.717) is 102 Å². The highest BCUT2D eigenvalue weighted by atomic mass is 16.6. The van der Waals surface area contributed by atoms with Crippen molar-refractivity contribution in [3.8, 4) is 17.2 Å². The second kappa shape index (κ2) is 35.7. The maximum Gasteiger partial charge on any atom is 0.201 e. The number of ketones is 6. The fourth-order valence-electron chi connectivity index (χ4n) is 11.4. The van der Waals surface area contributed by atoms with Crippen LogP contribution in [0.1, 0.15) is 203 Å². The maximum atomic E-state index is 14.0. The van der Waals surface area contributed by atoms with Gasteiger partial charge in [0.25, 0.3) is 0 Å². The van der Waals surface area contributed by atoms with Crippen LogP contribution >= 0.6 is 0 Å². The molecule has 0 radical (unpaired) electrons. The van der Waals surface area contributed by atoms with Crippen LogP contribution in [0.4, 0.5) is 0 Å². The molecule has 96 heavy (non-hydrogen) atoms. The zero-order valence-corrected chi connectivity index (χ0v) is 59.4. The second-order valence-electron chi connectivity index (χ2n) is 27.1. The van der Waals surface area contributed by atoms with E-state index >= 15 is 0 Å². The van der Waals surface area contributed by atoms with E-state index in [-0.39, 0.29) is 80.4 Å². The lowest BCUT2D eigenvalue weighted by Crippen LogP contribution is -2.47. The Balaban J connectivity index is 1.09. The minimum atomic E-state index is -1.17. The summed E-state index contributed by atoms with van der Waals surface area (Å²) in [6, 6.07) is 47.4. The summed E-state index contributed by atoms with van der Waals surface area (Å²) in [7, 11) is 0. The Morgan fingerprint density at radius 3 is 0.979 bits per heavy atom. The molecule has 6 rings (SSSR count). The van der Waals surface area contributed by atoms with Crippen LogP contribution in [-0.4, -0.2) is 127 Å². The van der Waals surface area contributed by atoms with Gasteiger partial charge in [-0.05, 0) is 181 Å². The van der Waals surface area contributed by atoms with Gasteiger partial charge in [0.2, 0.25) is 17.3 Å². The number of ether oxygens (including phenoxy) is 9. The summed E-state index contributed by atoms with van der Waals surface area (Å²) in [5.74, 6) is 0.411. The van der Waals surface area contributed by atoms with Crippen LogP contribution in [-0.2, 0) is 42.8 Å². The van der Waals surface area contributed by atoms with Gasteiger partial charge in [0.05, 0.1) is 55.4 Å². The van der Waals surface area contributed by atoms with Gasteiger partial charge in [-0.1, -0.05) is 126 Å². The highest BCUT2D eigenvalue weighted by molar-refractivity contribution is 6.10. The summed E-state index contributed by atoms with van der Waals surface area (Å²) in [5.41, 5.74) is -2.34. The molecule has 518 valence electrons. The zero-order valence-electron chi connectivity index (χ0n) is 59.4. The Morgan fingerprint density at radius 1 is 0.344 bits per heavy atom. The SMILES string of the molecule is CCC(COC(C)CC(C)OC(C)(CC)C(=O)COc1ccc(C(=O)c2ccccc2)cc1)(COC(C)(C)CC(C)OC(C)(CC)C(=O)COc1ccc(C(=O)c2ccccc2)cc1)COC(C)(CC)CC(C)OC(C)(CC)C(=O)COc1ccc(C(=O)c2ccccc2)cc1. The number of Topliss-reactive ketones (excluding diaryl/α,β-unsaturated/α-hetero) is 3. The van der Waals surface area contributed by atoms with Crippen molar-refractivity contribution in [2.24, 2.45) is 5.41 Å². The number of rotatable bonds is 44. The Labute approximate surface area is 570 Å². The third-order valence-electron chi connectivity index (χ3n) is 18.6. The van der Waals surface area contributed by atoms with Crippen LogP contribution in [0.2, 0.25) is 0 Å². The Hall–Kier alpha value is -7.50. The summed E-state index contributed by atoms with van der Waals surface area (Å²) in [5, 5.41) is 0.